The standard InChI is InChI=1S/C19H18F2N4O2/c1-25-14-6-8-22-19(26)17(14)12-3-5-16(24-18(12)25)23-11-2-4-13(21)15(10-11)27-9-7-20/h2-5,10H,6-9H2,1H3,(H,22,26)(H,23,24). The van der Waals surface area contributed by atoms with Crippen LogP contribution in [0.15, 0.2) is 30.3 Å². The third-order valence-corrected chi connectivity index (χ3v) is 4.57. The van der Waals surface area contributed by atoms with Gasteiger partial charge in [-0.25, -0.2) is 13.8 Å². The SMILES string of the molecule is Cn1c2c(c3ccc(Nc4ccc(F)c(OCCF)c4)nc31)C(=O)NCC2. The van der Waals surface area contributed by atoms with Crippen LogP contribution in [-0.4, -0.2) is 35.3 Å². The Hall–Kier alpha value is -3.16. The van der Waals surface area contributed by atoms with Gasteiger partial charge in [0.05, 0.1) is 5.56 Å². The average Bonchev–Trinajstić information content (AvgIpc) is 2.95. The van der Waals surface area contributed by atoms with Crippen LogP contribution in [0.25, 0.3) is 11.0 Å². The van der Waals surface area contributed by atoms with Crippen LogP contribution in [0.4, 0.5) is 20.3 Å². The summed E-state index contributed by atoms with van der Waals surface area (Å²) in [6, 6.07) is 7.86. The van der Waals surface area contributed by atoms with Crippen molar-refractivity contribution in [1.82, 2.24) is 14.9 Å². The van der Waals surface area contributed by atoms with E-state index in [9.17, 15) is 13.6 Å². The van der Waals surface area contributed by atoms with E-state index in [-0.39, 0.29) is 18.3 Å². The van der Waals surface area contributed by atoms with Crippen molar-refractivity contribution in [2.75, 3.05) is 25.1 Å². The minimum absolute atomic E-state index is 0.0234. The molecule has 0 radical (unpaired) electrons. The number of carbonyl (C=O) groups excluding carboxylic acids is 1. The molecule has 0 saturated heterocycles. The number of hydrogen-bond donors (Lipinski definition) is 2. The zero-order chi connectivity index (χ0) is 19.0. The van der Waals surface area contributed by atoms with Gasteiger partial charge in [-0.3, -0.25) is 4.79 Å². The molecule has 4 rings (SSSR count). The highest BCUT2D eigenvalue weighted by Crippen LogP contribution is 2.29. The first-order valence-electron chi connectivity index (χ1n) is 8.60. The normalized spacial score (nSPS) is 13.4. The number of hydrogen-bond acceptors (Lipinski definition) is 4. The number of aromatic nitrogens is 2. The topological polar surface area (TPSA) is 68.2 Å². The number of fused-ring (bicyclic) bond motifs is 3. The maximum Gasteiger partial charge on any atom is 0.253 e. The number of halogens is 2. The van der Waals surface area contributed by atoms with Gasteiger partial charge in [0.1, 0.15) is 24.7 Å². The number of nitrogens with zero attached hydrogens (tertiary/aromatic N) is 2. The van der Waals surface area contributed by atoms with Crippen molar-refractivity contribution in [2.45, 2.75) is 6.42 Å². The van der Waals surface area contributed by atoms with Crippen LogP contribution in [0.5, 0.6) is 5.75 Å². The highest BCUT2D eigenvalue weighted by Gasteiger charge is 2.25. The second-order valence-electron chi connectivity index (χ2n) is 6.26. The van der Waals surface area contributed by atoms with E-state index in [2.05, 4.69) is 15.6 Å². The molecule has 0 aliphatic carbocycles. The molecule has 1 aliphatic heterocycles. The molecule has 2 aromatic heterocycles. The Kier molecular flexibility index (Phi) is 4.39. The van der Waals surface area contributed by atoms with Gasteiger partial charge in [-0.15, -0.1) is 0 Å². The first kappa shape index (κ1) is 17.3. The molecule has 0 unspecified atom stereocenters. The molecule has 6 nitrogen and oxygen atoms in total. The summed E-state index contributed by atoms with van der Waals surface area (Å²) in [7, 11) is 1.89. The van der Waals surface area contributed by atoms with Crippen molar-refractivity contribution >= 4 is 28.4 Å². The molecular formula is C19H18F2N4O2. The molecule has 140 valence electrons. The second kappa shape index (κ2) is 6.86. The third-order valence-electron chi connectivity index (χ3n) is 4.57. The summed E-state index contributed by atoms with van der Waals surface area (Å²) in [5, 5.41) is 6.74. The number of ether oxygens (including phenoxy) is 1. The average molecular weight is 372 g/mol. The monoisotopic (exact) mass is 372 g/mol. The Morgan fingerprint density at radius 2 is 2.19 bits per heavy atom. The number of alkyl halides is 1. The quantitative estimate of drug-likeness (QED) is 0.722. The zero-order valence-corrected chi connectivity index (χ0v) is 14.7. The number of amides is 1. The molecule has 0 atom stereocenters. The van der Waals surface area contributed by atoms with E-state index in [4.69, 9.17) is 4.74 Å². The van der Waals surface area contributed by atoms with E-state index < -0.39 is 12.5 Å². The molecule has 2 N–H and O–H groups in total. The molecule has 1 aromatic carbocycles. The Morgan fingerprint density at radius 3 is 3.00 bits per heavy atom. The van der Waals surface area contributed by atoms with Crippen LogP contribution in [-0.2, 0) is 13.5 Å². The number of anilines is 2. The predicted molar refractivity (Wildman–Crippen MR) is 97.9 cm³/mol. The van der Waals surface area contributed by atoms with E-state index in [0.29, 0.717) is 29.3 Å². The van der Waals surface area contributed by atoms with E-state index in [1.807, 2.05) is 17.7 Å². The molecule has 27 heavy (non-hydrogen) atoms. The lowest BCUT2D eigenvalue weighted by atomic mass is 10.1. The molecule has 0 bridgehead atoms. The van der Waals surface area contributed by atoms with Crippen LogP contribution in [0.3, 0.4) is 0 Å². The summed E-state index contributed by atoms with van der Waals surface area (Å²) in [6.07, 6.45) is 0.754. The van der Waals surface area contributed by atoms with Crippen LogP contribution < -0.4 is 15.4 Å². The van der Waals surface area contributed by atoms with Gasteiger partial charge >= 0.3 is 0 Å². The molecule has 0 fully saturated rings. The van der Waals surface area contributed by atoms with Crippen molar-refractivity contribution in [1.29, 1.82) is 0 Å². The number of rotatable bonds is 5. The highest BCUT2D eigenvalue weighted by atomic mass is 19.1. The van der Waals surface area contributed by atoms with Crippen molar-refractivity contribution in [3.63, 3.8) is 0 Å². The largest absolute Gasteiger partial charge is 0.488 e. The molecule has 1 aliphatic rings. The molecule has 0 saturated carbocycles. The number of nitrogens with one attached hydrogen (secondary N) is 2. The maximum absolute atomic E-state index is 13.7. The fourth-order valence-corrected chi connectivity index (χ4v) is 3.34. The minimum atomic E-state index is -0.693. The summed E-state index contributed by atoms with van der Waals surface area (Å²) in [5.41, 5.74) is 2.88. The highest BCUT2D eigenvalue weighted by molar-refractivity contribution is 6.08. The van der Waals surface area contributed by atoms with E-state index in [0.717, 1.165) is 17.5 Å². The zero-order valence-electron chi connectivity index (χ0n) is 14.7. The molecule has 8 heteroatoms. The van der Waals surface area contributed by atoms with Gasteiger partial charge in [-0.2, -0.15) is 0 Å². The fraction of sp³-hybridized carbons (Fsp3) is 0.263. The fourth-order valence-electron chi connectivity index (χ4n) is 3.34. The van der Waals surface area contributed by atoms with Gasteiger partial charge in [0.25, 0.3) is 5.91 Å². The lowest BCUT2D eigenvalue weighted by molar-refractivity contribution is 0.0947. The number of carbonyl (C=O) groups is 1. The number of benzene rings is 1. The minimum Gasteiger partial charge on any atom is -0.488 e. The Morgan fingerprint density at radius 1 is 1.33 bits per heavy atom. The van der Waals surface area contributed by atoms with Crippen molar-refractivity contribution < 1.29 is 18.3 Å². The summed E-state index contributed by atoms with van der Waals surface area (Å²) in [6.45, 7) is -0.291. The van der Waals surface area contributed by atoms with Gasteiger partial charge in [0.15, 0.2) is 11.6 Å². The predicted octanol–water partition coefficient (Wildman–Crippen LogP) is 3.09. The van der Waals surface area contributed by atoms with E-state index in [1.165, 1.54) is 12.1 Å². The van der Waals surface area contributed by atoms with Crippen LogP contribution in [0.2, 0.25) is 0 Å². The first-order valence-corrected chi connectivity index (χ1v) is 8.60. The lowest BCUT2D eigenvalue weighted by Gasteiger charge is -2.13. The smallest absolute Gasteiger partial charge is 0.253 e. The van der Waals surface area contributed by atoms with Gasteiger partial charge in [-0.1, -0.05) is 0 Å². The van der Waals surface area contributed by atoms with Gasteiger partial charge in [-0.05, 0) is 24.3 Å². The van der Waals surface area contributed by atoms with Gasteiger partial charge in [0.2, 0.25) is 0 Å². The first-order chi connectivity index (χ1) is 13.1. The molecule has 1 amide bonds. The Labute approximate surface area is 154 Å². The van der Waals surface area contributed by atoms with Crippen LogP contribution in [0.1, 0.15) is 16.1 Å². The summed E-state index contributed by atoms with van der Waals surface area (Å²) in [5.74, 6) is -0.121. The van der Waals surface area contributed by atoms with Crippen LogP contribution in [0, 0.1) is 5.82 Å². The molecular weight excluding hydrogens is 354 g/mol. The number of aryl methyl sites for hydroxylation is 1. The molecule has 0 spiro atoms. The van der Waals surface area contributed by atoms with E-state index in [1.54, 1.807) is 12.1 Å². The summed E-state index contributed by atoms with van der Waals surface area (Å²) < 4.78 is 33.0. The van der Waals surface area contributed by atoms with Crippen molar-refractivity contribution in [3.05, 3.63) is 47.4 Å². The Balaban J connectivity index is 1.67. The van der Waals surface area contributed by atoms with Crippen molar-refractivity contribution in [2.24, 2.45) is 7.05 Å². The second-order valence-corrected chi connectivity index (χ2v) is 6.26. The van der Waals surface area contributed by atoms with Crippen LogP contribution >= 0.6 is 0 Å². The number of pyridine rings is 1. The van der Waals surface area contributed by atoms with Crippen molar-refractivity contribution in [3.8, 4) is 5.75 Å². The summed E-state index contributed by atoms with van der Waals surface area (Å²) in [4.78, 5) is 16.8. The third kappa shape index (κ3) is 3.07. The molecule has 3 heterocycles. The van der Waals surface area contributed by atoms with Gasteiger partial charge < -0.3 is 19.9 Å². The van der Waals surface area contributed by atoms with Gasteiger partial charge in [0, 0.05) is 42.8 Å². The summed E-state index contributed by atoms with van der Waals surface area (Å²) >= 11 is 0. The van der Waals surface area contributed by atoms with E-state index >= 15 is 0 Å². The maximum atomic E-state index is 13.7. The molecule has 3 aromatic rings. The Bertz CT molecular complexity index is 1030. The lowest BCUT2D eigenvalue weighted by Crippen LogP contribution is -2.32.